The average molecular weight is 272 g/mol. The third-order valence-corrected chi connectivity index (χ3v) is 2.58. The van der Waals surface area contributed by atoms with Crippen LogP contribution in [0, 0.1) is 23.7 Å². The van der Waals surface area contributed by atoms with Gasteiger partial charge in [-0.2, -0.15) is 0 Å². The summed E-state index contributed by atoms with van der Waals surface area (Å²) in [4.78, 5) is 10.2. The third kappa shape index (κ3) is 16.1. The van der Waals surface area contributed by atoms with Crippen LogP contribution in [0.4, 0.5) is 0 Å². The second kappa shape index (κ2) is 15.1. The van der Waals surface area contributed by atoms with Gasteiger partial charge in [0.25, 0.3) is 0 Å². The summed E-state index contributed by atoms with van der Waals surface area (Å²) in [6.07, 6.45) is 15.2. The van der Waals surface area contributed by atoms with Crippen molar-refractivity contribution in [3.8, 4) is 23.7 Å². The van der Waals surface area contributed by atoms with Crippen LogP contribution >= 0.6 is 0 Å². The standard InChI is InChI=1S/C18H24O2/c1-2-3-4-5-6-7-8-9-10-11-12-13-14-15-16-17-18(19)20/h5-6,16-17H,2-4,11-15H2,1H3,(H,19,20). The lowest BCUT2D eigenvalue weighted by molar-refractivity contribution is -0.131. The number of unbranched alkanes of at least 4 members (excludes halogenated alkanes) is 6. The average Bonchev–Trinajstić information content (AvgIpc) is 2.43. The van der Waals surface area contributed by atoms with E-state index in [-0.39, 0.29) is 0 Å². The highest BCUT2D eigenvalue weighted by Crippen LogP contribution is 2.02. The molecule has 2 heteroatoms. The quantitative estimate of drug-likeness (QED) is 0.385. The van der Waals surface area contributed by atoms with Gasteiger partial charge >= 0.3 is 5.97 Å². The van der Waals surface area contributed by atoms with Gasteiger partial charge in [0.15, 0.2) is 0 Å². The van der Waals surface area contributed by atoms with Gasteiger partial charge in [-0.15, -0.1) is 0 Å². The van der Waals surface area contributed by atoms with Gasteiger partial charge in [-0.05, 0) is 43.6 Å². The lowest BCUT2D eigenvalue weighted by Crippen LogP contribution is -1.85. The topological polar surface area (TPSA) is 37.3 Å². The Morgan fingerprint density at radius 3 is 2.60 bits per heavy atom. The zero-order valence-corrected chi connectivity index (χ0v) is 12.3. The Balaban J connectivity index is 3.48. The summed E-state index contributed by atoms with van der Waals surface area (Å²) in [5.74, 6) is 10.7. The van der Waals surface area contributed by atoms with E-state index in [4.69, 9.17) is 5.11 Å². The molecule has 0 radical (unpaired) electrons. The summed E-state index contributed by atoms with van der Waals surface area (Å²) in [7, 11) is 0. The van der Waals surface area contributed by atoms with Crippen LogP contribution in [-0.4, -0.2) is 11.1 Å². The summed E-state index contributed by atoms with van der Waals surface area (Å²) in [5, 5.41) is 8.39. The van der Waals surface area contributed by atoms with Crippen molar-refractivity contribution >= 4 is 5.97 Å². The van der Waals surface area contributed by atoms with Crippen molar-refractivity contribution in [1.82, 2.24) is 0 Å². The summed E-state index contributed by atoms with van der Waals surface area (Å²) < 4.78 is 0. The van der Waals surface area contributed by atoms with Crippen molar-refractivity contribution in [3.63, 3.8) is 0 Å². The van der Waals surface area contributed by atoms with E-state index < -0.39 is 5.97 Å². The molecule has 0 aromatic carbocycles. The van der Waals surface area contributed by atoms with Gasteiger partial charge in [0.05, 0.1) is 0 Å². The molecular weight excluding hydrogens is 248 g/mol. The number of carbonyl (C=O) groups is 1. The molecule has 0 bridgehead atoms. The van der Waals surface area contributed by atoms with Crippen molar-refractivity contribution in [1.29, 1.82) is 0 Å². The fourth-order valence-electron chi connectivity index (χ4n) is 1.49. The van der Waals surface area contributed by atoms with E-state index in [0.717, 1.165) is 38.5 Å². The van der Waals surface area contributed by atoms with E-state index in [1.807, 2.05) is 6.08 Å². The van der Waals surface area contributed by atoms with Gasteiger partial charge in [-0.3, -0.25) is 0 Å². The molecule has 0 aliphatic heterocycles. The van der Waals surface area contributed by atoms with E-state index in [2.05, 4.69) is 36.7 Å². The monoisotopic (exact) mass is 272 g/mol. The number of hydrogen-bond acceptors (Lipinski definition) is 1. The van der Waals surface area contributed by atoms with Gasteiger partial charge < -0.3 is 5.11 Å². The van der Waals surface area contributed by atoms with Gasteiger partial charge in [-0.25, -0.2) is 4.79 Å². The molecule has 0 aliphatic rings. The molecule has 0 atom stereocenters. The number of rotatable bonds is 9. The molecular formula is C18H24O2. The number of aliphatic carboxylic acids is 1. The van der Waals surface area contributed by atoms with Gasteiger partial charge in [0.2, 0.25) is 0 Å². The molecule has 0 fully saturated rings. The van der Waals surface area contributed by atoms with E-state index in [9.17, 15) is 4.79 Å². The van der Waals surface area contributed by atoms with Crippen molar-refractivity contribution in [2.75, 3.05) is 0 Å². The Bertz CT molecular complexity index is 422. The Morgan fingerprint density at radius 2 is 1.85 bits per heavy atom. The summed E-state index contributed by atoms with van der Waals surface area (Å²) in [5.41, 5.74) is 0. The van der Waals surface area contributed by atoms with Gasteiger partial charge in [0.1, 0.15) is 0 Å². The van der Waals surface area contributed by atoms with Crippen molar-refractivity contribution < 1.29 is 9.90 Å². The Morgan fingerprint density at radius 1 is 1.05 bits per heavy atom. The highest BCUT2D eigenvalue weighted by atomic mass is 16.4. The smallest absolute Gasteiger partial charge is 0.327 e. The van der Waals surface area contributed by atoms with Crippen LogP contribution in [0.1, 0.15) is 58.3 Å². The molecule has 0 saturated carbocycles. The predicted molar refractivity (Wildman–Crippen MR) is 84.1 cm³/mol. The summed E-state index contributed by atoms with van der Waals surface area (Å²) in [6, 6.07) is 0. The van der Waals surface area contributed by atoms with Crippen LogP contribution in [0.15, 0.2) is 24.3 Å². The molecule has 1 N–H and O–H groups in total. The lowest BCUT2D eigenvalue weighted by Gasteiger charge is -1.92. The first kappa shape index (κ1) is 18.1. The highest BCUT2D eigenvalue weighted by Gasteiger charge is 1.87. The Kier molecular flexibility index (Phi) is 13.7. The minimum atomic E-state index is -0.877. The SMILES string of the molecule is CCCCC=CC#CC#CCCCCCC=CC(=O)O. The maximum Gasteiger partial charge on any atom is 0.327 e. The molecule has 0 aromatic heterocycles. The first-order chi connectivity index (χ1) is 9.77. The highest BCUT2D eigenvalue weighted by molar-refractivity contribution is 5.79. The van der Waals surface area contributed by atoms with Crippen molar-refractivity contribution in [2.24, 2.45) is 0 Å². The molecule has 0 unspecified atom stereocenters. The first-order valence-corrected chi connectivity index (χ1v) is 7.30. The number of allylic oxidation sites excluding steroid dienone is 3. The zero-order chi connectivity index (χ0) is 14.9. The number of carboxylic acid groups (broad SMARTS) is 1. The summed E-state index contributed by atoms with van der Waals surface area (Å²) in [6.45, 7) is 2.17. The van der Waals surface area contributed by atoms with E-state index in [1.54, 1.807) is 6.08 Å². The normalized spacial score (nSPS) is 10.1. The fourth-order valence-corrected chi connectivity index (χ4v) is 1.49. The van der Waals surface area contributed by atoms with Crippen molar-refractivity contribution in [2.45, 2.75) is 58.3 Å². The molecule has 0 amide bonds. The largest absolute Gasteiger partial charge is 0.478 e. The molecule has 0 saturated heterocycles. The molecule has 0 heterocycles. The van der Waals surface area contributed by atoms with Crippen LogP contribution < -0.4 is 0 Å². The van der Waals surface area contributed by atoms with Crippen LogP contribution in [0.25, 0.3) is 0 Å². The van der Waals surface area contributed by atoms with Crippen LogP contribution in [0.3, 0.4) is 0 Å². The molecule has 0 aromatic rings. The summed E-state index contributed by atoms with van der Waals surface area (Å²) >= 11 is 0. The molecule has 0 spiro atoms. The maximum absolute atomic E-state index is 10.2. The zero-order valence-electron chi connectivity index (χ0n) is 12.3. The van der Waals surface area contributed by atoms with Crippen LogP contribution in [-0.2, 0) is 4.79 Å². The molecule has 2 nitrogen and oxygen atoms in total. The van der Waals surface area contributed by atoms with E-state index in [1.165, 1.54) is 18.9 Å². The molecule has 0 aliphatic carbocycles. The Labute approximate surface area is 123 Å². The van der Waals surface area contributed by atoms with Gasteiger partial charge in [0, 0.05) is 12.5 Å². The van der Waals surface area contributed by atoms with Gasteiger partial charge in [-0.1, -0.05) is 50.2 Å². The molecule has 0 rings (SSSR count). The Hall–Kier alpha value is -1.93. The minimum Gasteiger partial charge on any atom is -0.478 e. The molecule has 108 valence electrons. The first-order valence-electron chi connectivity index (χ1n) is 7.30. The predicted octanol–water partition coefficient (Wildman–Crippen LogP) is 4.33. The third-order valence-electron chi connectivity index (χ3n) is 2.58. The fraction of sp³-hybridized carbons (Fsp3) is 0.500. The lowest BCUT2D eigenvalue weighted by atomic mass is 10.1. The minimum absolute atomic E-state index is 0.822. The van der Waals surface area contributed by atoms with E-state index >= 15 is 0 Å². The van der Waals surface area contributed by atoms with Crippen LogP contribution in [0.5, 0.6) is 0 Å². The number of carboxylic acids is 1. The van der Waals surface area contributed by atoms with Crippen molar-refractivity contribution in [3.05, 3.63) is 24.3 Å². The second-order valence-corrected chi connectivity index (χ2v) is 4.46. The van der Waals surface area contributed by atoms with E-state index in [0.29, 0.717) is 0 Å². The second-order valence-electron chi connectivity index (χ2n) is 4.46. The number of hydrogen-bond donors (Lipinski definition) is 1. The van der Waals surface area contributed by atoms with Crippen LogP contribution in [0.2, 0.25) is 0 Å². The maximum atomic E-state index is 10.2. The molecule has 20 heavy (non-hydrogen) atoms.